The Morgan fingerprint density at radius 1 is 1.00 bits per heavy atom. The van der Waals surface area contributed by atoms with Crippen molar-refractivity contribution < 1.29 is 9.53 Å². The molecule has 0 saturated heterocycles. The highest BCUT2D eigenvalue weighted by Gasteiger charge is 2.11. The van der Waals surface area contributed by atoms with Gasteiger partial charge in [0.05, 0.1) is 24.9 Å². The summed E-state index contributed by atoms with van der Waals surface area (Å²) in [6.07, 6.45) is 3.73. The zero-order valence-electron chi connectivity index (χ0n) is 16.8. The van der Waals surface area contributed by atoms with E-state index < -0.39 is 0 Å². The van der Waals surface area contributed by atoms with Crippen LogP contribution in [0.5, 0.6) is 5.75 Å². The summed E-state index contributed by atoms with van der Waals surface area (Å²) >= 11 is 0. The van der Waals surface area contributed by atoms with Crippen LogP contribution in [0.1, 0.15) is 18.4 Å². The molecule has 0 spiro atoms. The van der Waals surface area contributed by atoms with Gasteiger partial charge in [0.1, 0.15) is 5.75 Å². The maximum atomic E-state index is 12.0. The summed E-state index contributed by atoms with van der Waals surface area (Å²) < 4.78 is 7.36. The van der Waals surface area contributed by atoms with Crippen molar-refractivity contribution in [3.63, 3.8) is 0 Å². The van der Waals surface area contributed by atoms with Gasteiger partial charge in [-0.2, -0.15) is 9.67 Å². The van der Waals surface area contributed by atoms with Gasteiger partial charge < -0.3 is 15.4 Å². The average Bonchev–Trinajstić information content (AvgIpc) is 3.21. The second-order valence-corrected chi connectivity index (χ2v) is 7.27. The Morgan fingerprint density at radius 3 is 2.68 bits per heavy atom. The number of hydrogen-bond donors (Lipinski definition) is 2. The van der Waals surface area contributed by atoms with E-state index in [0.717, 1.165) is 24.2 Å². The number of benzene rings is 2. The lowest BCUT2D eigenvalue weighted by Gasteiger charge is -2.08. The highest BCUT2D eigenvalue weighted by atomic mass is 16.5. The van der Waals surface area contributed by atoms with Gasteiger partial charge in [-0.1, -0.05) is 17.3 Å². The monoisotopic (exact) mass is 415 g/mol. The summed E-state index contributed by atoms with van der Waals surface area (Å²) in [5, 5.41) is 14.5. The third-order valence-electron chi connectivity index (χ3n) is 5.05. The van der Waals surface area contributed by atoms with Crippen molar-refractivity contribution in [1.29, 1.82) is 0 Å². The number of anilines is 2. The van der Waals surface area contributed by atoms with E-state index in [1.54, 1.807) is 10.9 Å². The topological polar surface area (TPSA) is 107 Å². The molecule has 2 aromatic carbocycles. The number of nitrogens with zero attached hydrogens (tertiary/aromatic N) is 5. The third-order valence-corrected chi connectivity index (χ3v) is 5.05. The van der Waals surface area contributed by atoms with Crippen molar-refractivity contribution >= 4 is 28.7 Å². The fourth-order valence-corrected chi connectivity index (χ4v) is 3.40. The molecule has 2 N–H and O–H groups in total. The van der Waals surface area contributed by atoms with Gasteiger partial charge in [-0.25, -0.2) is 4.98 Å². The number of ether oxygens (including phenoxy) is 1. The van der Waals surface area contributed by atoms with Crippen molar-refractivity contribution in [1.82, 2.24) is 30.3 Å². The molecule has 1 amide bonds. The van der Waals surface area contributed by atoms with E-state index >= 15 is 0 Å². The Bertz CT molecular complexity index is 1200. The molecule has 0 radical (unpaired) electrons. The standard InChI is InChI=1S/C22H21N7O2/c30-20-11-13-31-18-9-7-17(8-10-18)29-21-19(27-28-29)14-24-22(26-21)25-16-5-3-15(4-6-16)2-1-12-23-20/h3-10,14H,1-2,11-13H2,(H,23,30)(H,24,25,26). The number of hydrogen-bond acceptors (Lipinski definition) is 7. The first kappa shape index (κ1) is 19.0. The van der Waals surface area contributed by atoms with Gasteiger partial charge in [0.15, 0.2) is 11.2 Å². The zero-order valence-corrected chi connectivity index (χ0v) is 16.8. The van der Waals surface area contributed by atoms with Crippen LogP contribution in [-0.4, -0.2) is 44.0 Å². The highest BCUT2D eigenvalue weighted by molar-refractivity contribution is 5.76. The number of aryl methyl sites for hydroxylation is 1. The number of nitrogens with one attached hydrogen (secondary N) is 2. The van der Waals surface area contributed by atoms with Crippen LogP contribution in [0.3, 0.4) is 0 Å². The van der Waals surface area contributed by atoms with Crippen LogP contribution in [0.15, 0.2) is 54.7 Å². The second kappa shape index (κ2) is 8.39. The Labute approximate surface area is 178 Å². The summed E-state index contributed by atoms with van der Waals surface area (Å²) in [4.78, 5) is 21.0. The maximum absolute atomic E-state index is 12.0. The van der Waals surface area contributed by atoms with E-state index in [1.165, 1.54) is 5.56 Å². The van der Waals surface area contributed by atoms with Gasteiger partial charge in [0, 0.05) is 12.2 Å². The molecule has 8 rings (SSSR count). The first-order valence-corrected chi connectivity index (χ1v) is 10.2. The molecule has 4 aliphatic heterocycles. The minimum absolute atomic E-state index is 0.00934. The van der Waals surface area contributed by atoms with Crippen LogP contribution in [0.4, 0.5) is 11.6 Å². The van der Waals surface area contributed by atoms with Crippen LogP contribution in [-0.2, 0) is 11.2 Å². The molecule has 0 unspecified atom stereocenters. The molecule has 4 aliphatic rings. The maximum Gasteiger partial charge on any atom is 0.229 e. The van der Waals surface area contributed by atoms with Crippen molar-refractivity contribution in [2.45, 2.75) is 19.3 Å². The lowest BCUT2D eigenvalue weighted by molar-refractivity contribution is -0.121. The second-order valence-electron chi connectivity index (χ2n) is 7.27. The van der Waals surface area contributed by atoms with Crippen LogP contribution in [0.25, 0.3) is 16.9 Å². The number of amides is 1. The highest BCUT2D eigenvalue weighted by Crippen LogP contribution is 2.20. The predicted octanol–water partition coefficient (Wildman–Crippen LogP) is 2.79. The molecule has 9 nitrogen and oxygen atoms in total. The summed E-state index contributed by atoms with van der Waals surface area (Å²) in [5.41, 5.74) is 4.10. The summed E-state index contributed by atoms with van der Waals surface area (Å²) in [5.74, 6) is 1.15. The third kappa shape index (κ3) is 4.30. The smallest absolute Gasteiger partial charge is 0.229 e. The molecule has 31 heavy (non-hydrogen) atoms. The minimum Gasteiger partial charge on any atom is -0.493 e. The molecule has 0 saturated carbocycles. The molecule has 156 valence electrons. The number of aromatic nitrogens is 5. The average molecular weight is 415 g/mol. The van der Waals surface area contributed by atoms with Gasteiger partial charge in [-0.3, -0.25) is 4.79 Å². The van der Waals surface area contributed by atoms with Gasteiger partial charge in [0.2, 0.25) is 11.9 Å². The Hall–Kier alpha value is -4.01. The number of carbonyl (C=O) groups is 1. The van der Waals surface area contributed by atoms with Crippen LogP contribution in [0, 0.1) is 0 Å². The Morgan fingerprint density at radius 2 is 1.84 bits per heavy atom. The van der Waals surface area contributed by atoms with Crippen LogP contribution >= 0.6 is 0 Å². The van der Waals surface area contributed by atoms with Crippen molar-refractivity contribution in [2.24, 2.45) is 0 Å². The Balaban J connectivity index is 1.48. The van der Waals surface area contributed by atoms with Crippen molar-refractivity contribution in [3.05, 3.63) is 60.3 Å². The Kier molecular flexibility index (Phi) is 5.14. The molecule has 0 atom stereocenters. The van der Waals surface area contributed by atoms with Crippen LogP contribution < -0.4 is 15.4 Å². The molecular formula is C22H21N7O2. The first-order valence-electron chi connectivity index (χ1n) is 10.2. The molecule has 6 heterocycles. The van der Waals surface area contributed by atoms with Gasteiger partial charge in [0.25, 0.3) is 0 Å². The molecule has 0 fully saturated rings. The molecule has 6 bridgehead atoms. The van der Waals surface area contributed by atoms with E-state index in [1.807, 2.05) is 36.4 Å². The predicted molar refractivity (Wildman–Crippen MR) is 116 cm³/mol. The quantitative estimate of drug-likeness (QED) is 0.455. The zero-order chi connectivity index (χ0) is 21.0. The SMILES string of the molecule is O=C1CCOc2ccc(cc2)-n2nnc3cnc(nc32)Nc2ccc(cc2)CCCN1. The molecule has 9 heteroatoms. The fourth-order valence-electron chi connectivity index (χ4n) is 3.40. The molecule has 0 aliphatic carbocycles. The van der Waals surface area contributed by atoms with Gasteiger partial charge in [-0.05, 0) is 54.8 Å². The summed E-state index contributed by atoms with van der Waals surface area (Å²) in [6, 6.07) is 15.5. The lowest BCUT2D eigenvalue weighted by atomic mass is 10.1. The van der Waals surface area contributed by atoms with E-state index in [2.05, 4.69) is 43.0 Å². The van der Waals surface area contributed by atoms with Crippen LogP contribution in [0.2, 0.25) is 0 Å². The molecular weight excluding hydrogens is 394 g/mol. The molecule has 4 aromatic rings. The van der Waals surface area contributed by atoms with E-state index in [0.29, 0.717) is 42.4 Å². The van der Waals surface area contributed by atoms with Gasteiger partial charge in [-0.15, -0.1) is 5.10 Å². The number of carbonyl (C=O) groups excluding carboxylic acids is 1. The van der Waals surface area contributed by atoms with E-state index in [-0.39, 0.29) is 5.91 Å². The molecule has 2 aromatic heterocycles. The number of rotatable bonds is 0. The van der Waals surface area contributed by atoms with E-state index in [9.17, 15) is 4.79 Å². The normalized spacial score (nSPS) is 14.6. The van der Waals surface area contributed by atoms with Crippen molar-refractivity contribution in [3.8, 4) is 11.4 Å². The first-order chi connectivity index (χ1) is 15.2. The lowest BCUT2D eigenvalue weighted by Crippen LogP contribution is -2.26. The largest absolute Gasteiger partial charge is 0.493 e. The van der Waals surface area contributed by atoms with E-state index in [4.69, 9.17) is 4.74 Å². The van der Waals surface area contributed by atoms with Crippen molar-refractivity contribution in [2.75, 3.05) is 18.5 Å². The minimum atomic E-state index is -0.00934. The summed E-state index contributed by atoms with van der Waals surface area (Å²) in [6.45, 7) is 0.960. The summed E-state index contributed by atoms with van der Waals surface area (Å²) in [7, 11) is 0. The van der Waals surface area contributed by atoms with Gasteiger partial charge >= 0.3 is 0 Å². The fraction of sp³-hybridized carbons (Fsp3) is 0.227.